The molecule has 1 amide bonds. The molecule has 0 N–H and O–H groups in total. The van der Waals surface area contributed by atoms with Crippen molar-refractivity contribution in [3.63, 3.8) is 0 Å². The molecule has 2 aliphatic rings. The Morgan fingerprint density at radius 1 is 1.00 bits per heavy atom. The quantitative estimate of drug-likeness (QED) is 0.629. The fourth-order valence-corrected chi connectivity index (χ4v) is 5.06. The van der Waals surface area contributed by atoms with E-state index in [-0.39, 0.29) is 11.5 Å². The number of fused-ring (bicyclic) bond motifs is 1. The minimum absolute atomic E-state index is 0.0345. The van der Waals surface area contributed by atoms with Gasteiger partial charge in [-0.2, -0.15) is 0 Å². The van der Waals surface area contributed by atoms with E-state index in [9.17, 15) is 4.79 Å². The number of ether oxygens (including phenoxy) is 1. The number of benzene rings is 2. The predicted molar refractivity (Wildman–Crippen MR) is 118 cm³/mol. The summed E-state index contributed by atoms with van der Waals surface area (Å²) in [6.07, 6.45) is 5.17. The van der Waals surface area contributed by atoms with Crippen molar-refractivity contribution in [3.8, 4) is 0 Å². The number of hydrogen-bond donors (Lipinski definition) is 0. The zero-order valence-electron chi connectivity index (χ0n) is 17.3. The van der Waals surface area contributed by atoms with Gasteiger partial charge >= 0.3 is 0 Å². The highest BCUT2D eigenvalue weighted by molar-refractivity contribution is 5.95. The van der Waals surface area contributed by atoms with Crippen LogP contribution in [0.4, 0.5) is 0 Å². The van der Waals surface area contributed by atoms with Crippen molar-refractivity contribution >= 4 is 16.8 Å². The Labute approximate surface area is 177 Å². The van der Waals surface area contributed by atoms with Crippen molar-refractivity contribution in [3.05, 3.63) is 78.0 Å². The van der Waals surface area contributed by atoms with Crippen molar-refractivity contribution in [2.75, 3.05) is 19.7 Å². The van der Waals surface area contributed by atoms with Crippen molar-refractivity contribution < 1.29 is 9.53 Å². The van der Waals surface area contributed by atoms with Gasteiger partial charge in [-0.3, -0.25) is 4.79 Å². The molecule has 1 unspecified atom stereocenters. The summed E-state index contributed by atoms with van der Waals surface area (Å²) in [4.78, 5) is 19.6. The standard InChI is InChI=1S/C26H28N2O2/c29-25(24-11-10-22-8-4-5-9-23(22)27-24)28-15-13-26(14-16-28)19-21(12-17-30-26)18-20-6-2-1-3-7-20/h1-11,21H,12-19H2. The summed E-state index contributed by atoms with van der Waals surface area (Å²) in [6.45, 7) is 2.31. The van der Waals surface area contributed by atoms with Crippen LogP contribution >= 0.6 is 0 Å². The second-order valence-electron chi connectivity index (χ2n) is 8.76. The molecule has 1 spiro atoms. The van der Waals surface area contributed by atoms with E-state index in [2.05, 4.69) is 35.3 Å². The van der Waals surface area contributed by atoms with Crippen LogP contribution in [0.3, 0.4) is 0 Å². The number of piperidine rings is 1. The Bertz CT molecular complexity index is 1030. The summed E-state index contributed by atoms with van der Waals surface area (Å²) in [7, 11) is 0. The molecule has 0 aliphatic carbocycles. The Kier molecular flexibility index (Phi) is 5.26. The average molecular weight is 401 g/mol. The Hall–Kier alpha value is -2.72. The molecule has 154 valence electrons. The van der Waals surface area contributed by atoms with Crippen LogP contribution in [0.5, 0.6) is 0 Å². The Morgan fingerprint density at radius 3 is 2.60 bits per heavy atom. The van der Waals surface area contributed by atoms with E-state index < -0.39 is 0 Å². The number of carbonyl (C=O) groups excluding carboxylic acids is 1. The molecule has 5 rings (SSSR count). The molecule has 1 atom stereocenters. The second kappa shape index (κ2) is 8.19. The van der Waals surface area contributed by atoms with Crippen LogP contribution in [0.2, 0.25) is 0 Å². The van der Waals surface area contributed by atoms with Crippen LogP contribution in [0.1, 0.15) is 41.7 Å². The number of para-hydroxylation sites is 1. The fraction of sp³-hybridized carbons (Fsp3) is 0.385. The van der Waals surface area contributed by atoms with Gasteiger partial charge in [0.25, 0.3) is 5.91 Å². The maximum atomic E-state index is 13.0. The molecule has 2 fully saturated rings. The number of pyridine rings is 1. The van der Waals surface area contributed by atoms with Gasteiger partial charge in [-0.15, -0.1) is 0 Å². The van der Waals surface area contributed by atoms with Gasteiger partial charge in [0.2, 0.25) is 0 Å². The van der Waals surface area contributed by atoms with Crippen molar-refractivity contribution in [2.24, 2.45) is 5.92 Å². The lowest BCUT2D eigenvalue weighted by Gasteiger charge is -2.46. The molecule has 0 bridgehead atoms. The second-order valence-corrected chi connectivity index (χ2v) is 8.76. The van der Waals surface area contributed by atoms with Gasteiger partial charge in [-0.25, -0.2) is 4.98 Å². The lowest BCUT2D eigenvalue weighted by atomic mass is 9.77. The number of aromatic nitrogens is 1. The Morgan fingerprint density at radius 2 is 1.77 bits per heavy atom. The van der Waals surface area contributed by atoms with Gasteiger partial charge in [0.1, 0.15) is 5.69 Å². The lowest BCUT2D eigenvalue weighted by molar-refractivity contribution is -0.123. The molecular formula is C26H28N2O2. The first-order chi connectivity index (χ1) is 14.7. The van der Waals surface area contributed by atoms with Crippen LogP contribution in [0.25, 0.3) is 10.9 Å². The average Bonchev–Trinajstić information content (AvgIpc) is 2.80. The molecule has 3 heterocycles. The number of amides is 1. The van der Waals surface area contributed by atoms with Gasteiger partial charge in [0.05, 0.1) is 11.1 Å². The minimum Gasteiger partial charge on any atom is -0.375 e. The number of likely N-dealkylation sites (tertiary alicyclic amines) is 1. The van der Waals surface area contributed by atoms with Crippen molar-refractivity contribution in [2.45, 2.75) is 37.7 Å². The first-order valence-electron chi connectivity index (χ1n) is 11.0. The molecule has 1 aromatic heterocycles. The zero-order chi connectivity index (χ0) is 20.4. The zero-order valence-corrected chi connectivity index (χ0v) is 17.3. The van der Waals surface area contributed by atoms with Gasteiger partial charge in [-0.05, 0) is 55.7 Å². The van der Waals surface area contributed by atoms with Crippen LogP contribution in [-0.4, -0.2) is 41.1 Å². The van der Waals surface area contributed by atoms with E-state index in [4.69, 9.17) is 4.74 Å². The largest absolute Gasteiger partial charge is 0.375 e. The molecule has 30 heavy (non-hydrogen) atoms. The molecule has 4 nitrogen and oxygen atoms in total. The number of carbonyl (C=O) groups is 1. The van der Waals surface area contributed by atoms with Crippen LogP contribution in [-0.2, 0) is 11.2 Å². The maximum Gasteiger partial charge on any atom is 0.272 e. The maximum absolute atomic E-state index is 13.0. The van der Waals surface area contributed by atoms with E-state index in [0.29, 0.717) is 11.6 Å². The highest BCUT2D eigenvalue weighted by atomic mass is 16.5. The Balaban J connectivity index is 1.23. The highest BCUT2D eigenvalue weighted by Crippen LogP contribution is 2.39. The number of rotatable bonds is 3. The summed E-state index contributed by atoms with van der Waals surface area (Å²) in [5, 5.41) is 1.06. The van der Waals surface area contributed by atoms with Crippen LogP contribution < -0.4 is 0 Å². The third-order valence-corrected chi connectivity index (χ3v) is 6.74. The molecule has 0 saturated carbocycles. The van der Waals surface area contributed by atoms with E-state index in [1.54, 1.807) is 0 Å². The van der Waals surface area contributed by atoms with Crippen molar-refractivity contribution in [1.82, 2.24) is 9.88 Å². The van der Waals surface area contributed by atoms with Gasteiger partial charge < -0.3 is 9.64 Å². The number of hydrogen-bond acceptors (Lipinski definition) is 3. The number of nitrogens with zero attached hydrogens (tertiary/aromatic N) is 2. The monoisotopic (exact) mass is 400 g/mol. The van der Waals surface area contributed by atoms with Crippen LogP contribution in [0, 0.1) is 5.92 Å². The molecule has 2 aliphatic heterocycles. The lowest BCUT2D eigenvalue weighted by Crippen LogP contribution is -2.51. The normalized spacial score (nSPS) is 21.1. The van der Waals surface area contributed by atoms with Crippen molar-refractivity contribution in [1.29, 1.82) is 0 Å². The molecule has 2 saturated heterocycles. The summed E-state index contributed by atoms with van der Waals surface area (Å²) in [6, 6.07) is 22.5. The van der Waals surface area contributed by atoms with Gasteiger partial charge in [0.15, 0.2) is 0 Å². The molecular weight excluding hydrogens is 372 g/mol. The third-order valence-electron chi connectivity index (χ3n) is 6.74. The molecule has 2 aromatic carbocycles. The molecule has 4 heteroatoms. The molecule has 0 radical (unpaired) electrons. The fourth-order valence-electron chi connectivity index (χ4n) is 5.06. The third kappa shape index (κ3) is 3.97. The van der Waals surface area contributed by atoms with E-state index in [1.165, 1.54) is 5.56 Å². The summed E-state index contributed by atoms with van der Waals surface area (Å²) >= 11 is 0. The first-order valence-corrected chi connectivity index (χ1v) is 11.0. The first kappa shape index (κ1) is 19.3. The van der Waals surface area contributed by atoms with E-state index in [0.717, 1.165) is 62.7 Å². The van der Waals surface area contributed by atoms with Crippen LogP contribution in [0.15, 0.2) is 66.7 Å². The summed E-state index contributed by atoms with van der Waals surface area (Å²) < 4.78 is 6.31. The van der Waals surface area contributed by atoms with E-state index >= 15 is 0 Å². The van der Waals surface area contributed by atoms with E-state index in [1.807, 2.05) is 41.3 Å². The smallest absolute Gasteiger partial charge is 0.272 e. The predicted octanol–water partition coefficient (Wildman–Crippen LogP) is 4.88. The summed E-state index contributed by atoms with van der Waals surface area (Å²) in [5.74, 6) is 0.692. The summed E-state index contributed by atoms with van der Waals surface area (Å²) in [5.41, 5.74) is 2.76. The topological polar surface area (TPSA) is 42.4 Å². The van der Waals surface area contributed by atoms with Gasteiger partial charge in [0, 0.05) is 25.1 Å². The highest BCUT2D eigenvalue weighted by Gasteiger charge is 2.41. The SMILES string of the molecule is O=C(c1ccc2ccccc2n1)N1CCC2(CC1)CC(Cc1ccccc1)CCO2. The van der Waals surface area contributed by atoms with Gasteiger partial charge in [-0.1, -0.05) is 54.6 Å². The minimum atomic E-state index is -0.0642. The molecule has 3 aromatic rings.